The number of rotatable bonds is 1. The van der Waals surface area contributed by atoms with Crippen molar-refractivity contribution in [3.63, 3.8) is 0 Å². The number of halogens is 1. The van der Waals surface area contributed by atoms with Crippen LogP contribution < -0.4 is 0 Å². The van der Waals surface area contributed by atoms with Crippen molar-refractivity contribution in [3.05, 3.63) is 23.8 Å². The molecular formula is C10H9BrN2O. The molecule has 1 atom stereocenters. The SMILES string of the molecule is CC1=NC(=O)C2=CC(CBr)C=CC2=N1. The highest BCUT2D eigenvalue weighted by Crippen LogP contribution is 2.20. The molecule has 3 nitrogen and oxygen atoms in total. The first-order valence-electron chi connectivity index (χ1n) is 4.35. The Morgan fingerprint density at radius 3 is 3.00 bits per heavy atom. The van der Waals surface area contributed by atoms with Gasteiger partial charge in [-0.2, -0.15) is 4.99 Å². The number of fused-ring (bicyclic) bond motifs is 1. The van der Waals surface area contributed by atoms with Gasteiger partial charge >= 0.3 is 0 Å². The van der Waals surface area contributed by atoms with E-state index in [9.17, 15) is 4.79 Å². The van der Waals surface area contributed by atoms with Crippen molar-refractivity contribution in [3.8, 4) is 0 Å². The number of hydrogen-bond acceptors (Lipinski definition) is 2. The topological polar surface area (TPSA) is 41.8 Å². The first-order chi connectivity index (χ1) is 6.70. The lowest BCUT2D eigenvalue weighted by molar-refractivity contribution is -0.113. The molecule has 72 valence electrons. The Labute approximate surface area is 90.5 Å². The largest absolute Gasteiger partial charge is 0.280 e. The van der Waals surface area contributed by atoms with Crippen LogP contribution in [-0.2, 0) is 4.79 Å². The minimum Gasteiger partial charge on any atom is -0.267 e. The zero-order valence-electron chi connectivity index (χ0n) is 7.70. The van der Waals surface area contributed by atoms with E-state index in [1.165, 1.54) is 0 Å². The summed E-state index contributed by atoms with van der Waals surface area (Å²) in [7, 11) is 0. The van der Waals surface area contributed by atoms with E-state index in [0.29, 0.717) is 11.4 Å². The molecule has 1 aliphatic carbocycles. The first kappa shape index (κ1) is 9.52. The molecule has 4 heteroatoms. The van der Waals surface area contributed by atoms with Gasteiger partial charge in [-0.15, -0.1) is 0 Å². The summed E-state index contributed by atoms with van der Waals surface area (Å²) in [5, 5.41) is 0.816. The highest BCUT2D eigenvalue weighted by atomic mass is 79.9. The molecule has 1 heterocycles. The number of allylic oxidation sites excluding steroid dienone is 3. The summed E-state index contributed by atoms with van der Waals surface area (Å²) < 4.78 is 0. The molecule has 14 heavy (non-hydrogen) atoms. The second kappa shape index (κ2) is 3.61. The number of aliphatic imine (C=N–C) groups is 2. The number of amides is 1. The molecule has 0 N–H and O–H groups in total. The third-order valence-electron chi connectivity index (χ3n) is 2.11. The summed E-state index contributed by atoms with van der Waals surface area (Å²) >= 11 is 3.38. The minimum absolute atomic E-state index is 0.178. The molecule has 1 amide bonds. The fourth-order valence-electron chi connectivity index (χ4n) is 1.44. The van der Waals surface area contributed by atoms with Crippen molar-refractivity contribution in [2.24, 2.45) is 15.9 Å². The monoisotopic (exact) mass is 252 g/mol. The second-order valence-corrected chi connectivity index (χ2v) is 3.87. The molecule has 0 radical (unpaired) electrons. The summed E-state index contributed by atoms with van der Waals surface area (Å²) in [5.41, 5.74) is 1.36. The van der Waals surface area contributed by atoms with Crippen LogP contribution in [0.15, 0.2) is 33.8 Å². The van der Waals surface area contributed by atoms with Crippen LogP contribution in [-0.4, -0.2) is 22.8 Å². The molecule has 2 aliphatic rings. The van der Waals surface area contributed by atoms with Gasteiger partial charge in [0.05, 0.1) is 11.3 Å². The molecule has 2 rings (SSSR count). The zero-order valence-corrected chi connectivity index (χ0v) is 9.28. The summed E-state index contributed by atoms with van der Waals surface area (Å²) in [5.74, 6) is 0.619. The Kier molecular flexibility index (Phi) is 2.46. The highest BCUT2D eigenvalue weighted by Gasteiger charge is 2.22. The van der Waals surface area contributed by atoms with E-state index < -0.39 is 0 Å². The van der Waals surface area contributed by atoms with Gasteiger partial charge in [-0.05, 0) is 13.0 Å². The number of alkyl halides is 1. The van der Waals surface area contributed by atoms with Crippen LogP contribution >= 0.6 is 15.9 Å². The predicted octanol–water partition coefficient (Wildman–Crippen LogP) is 1.89. The van der Waals surface area contributed by atoms with E-state index in [-0.39, 0.29) is 11.8 Å². The van der Waals surface area contributed by atoms with Crippen molar-refractivity contribution in [1.29, 1.82) is 0 Å². The van der Waals surface area contributed by atoms with Crippen LogP contribution in [0.25, 0.3) is 0 Å². The summed E-state index contributed by atoms with van der Waals surface area (Å²) in [4.78, 5) is 19.5. The van der Waals surface area contributed by atoms with Crippen LogP contribution in [0.1, 0.15) is 6.92 Å². The number of amidine groups is 1. The minimum atomic E-state index is -0.178. The van der Waals surface area contributed by atoms with E-state index in [1.807, 2.05) is 18.2 Å². The number of carbonyl (C=O) groups is 1. The Hall–Kier alpha value is -1.03. The fraction of sp³-hybridized carbons (Fsp3) is 0.300. The van der Waals surface area contributed by atoms with Gasteiger partial charge in [0, 0.05) is 11.2 Å². The fourth-order valence-corrected chi connectivity index (χ4v) is 1.84. The van der Waals surface area contributed by atoms with Gasteiger partial charge in [0.15, 0.2) is 0 Å². The van der Waals surface area contributed by atoms with Gasteiger partial charge in [0.2, 0.25) is 0 Å². The Balaban J connectivity index is 2.40. The molecule has 0 aromatic rings. The van der Waals surface area contributed by atoms with Crippen molar-refractivity contribution in [2.75, 3.05) is 5.33 Å². The number of hydrogen-bond donors (Lipinski definition) is 0. The van der Waals surface area contributed by atoms with Gasteiger partial charge in [0.1, 0.15) is 5.84 Å². The molecule has 0 fully saturated rings. The van der Waals surface area contributed by atoms with Crippen LogP contribution in [0.3, 0.4) is 0 Å². The Morgan fingerprint density at radius 1 is 1.50 bits per heavy atom. The summed E-state index contributed by atoms with van der Waals surface area (Å²) in [6.45, 7) is 1.73. The van der Waals surface area contributed by atoms with Crippen LogP contribution in [0.5, 0.6) is 0 Å². The molecule has 0 spiro atoms. The van der Waals surface area contributed by atoms with E-state index in [1.54, 1.807) is 6.92 Å². The third-order valence-corrected chi connectivity index (χ3v) is 2.86. The molecule has 1 unspecified atom stereocenters. The molecular weight excluding hydrogens is 244 g/mol. The lowest BCUT2D eigenvalue weighted by atomic mass is 9.96. The number of carbonyl (C=O) groups excluding carboxylic acids is 1. The maximum Gasteiger partial charge on any atom is 0.280 e. The maximum atomic E-state index is 11.5. The van der Waals surface area contributed by atoms with E-state index in [2.05, 4.69) is 25.9 Å². The second-order valence-electron chi connectivity index (χ2n) is 3.22. The quantitative estimate of drug-likeness (QED) is 0.658. The highest BCUT2D eigenvalue weighted by molar-refractivity contribution is 9.09. The maximum absolute atomic E-state index is 11.5. The molecule has 1 aliphatic heterocycles. The first-order valence-corrected chi connectivity index (χ1v) is 5.47. The molecule has 0 aromatic heterocycles. The number of nitrogens with zero attached hydrogens (tertiary/aromatic N) is 2. The van der Waals surface area contributed by atoms with E-state index in [0.717, 1.165) is 11.0 Å². The van der Waals surface area contributed by atoms with Gasteiger partial charge in [-0.25, -0.2) is 4.99 Å². The van der Waals surface area contributed by atoms with Crippen LogP contribution in [0.2, 0.25) is 0 Å². The van der Waals surface area contributed by atoms with Crippen molar-refractivity contribution in [2.45, 2.75) is 6.92 Å². The molecule has 0 saturated heterocycles. The van der Waals surface area contributed by atoms with Crippen LogP contribution in [0.4, 0.5) is 0 Å². The standard InChI is InChI=1S/C10H9BrN2O/c1-6-12-9-3-2-7(5-11)4-8(9)10(14)13-6/h2-4,7H,5H2,1H3. The van der Waals surface area contributed by atoms with Crippen molar-refractivity contribution < 1.29 is 4.79 Å². The smallest absolute Gasteiger partial charge is 0.267 e. The Bertz CT molecular complexity index is 404. The average Bonchev–Trinajstić information content (AvgIpc) is 2.17. The van der Waals surface area contributed by atoms with Gasteiger partial charge < -0.3 is 0 Å². The predicted molar refractivity (Wildman–Crippen MR) is 60.1 cm³/mol. The Morgan fingerprint density at radius 2 is 2.29 bits per heavy atom. The third kappa shape index (κ3) is 1.62. The summed E-state index contributed by atoms with van der Waals surface area (Å²) in [6.07, 6.45) is 5.83. The lowest BCUT2D eigenvalue weighted by Gasteiger charge is -2.16. The van der Waals surface area contributed by atoms with E-state index >= 15 is 0 Å². The molecule has 0 bridgehead atoms. The van der Waals surface area contributed by atoms with Gasteiger partial charge in [-0.1, -0.05) is 28.1 Å². The average molecular weight is 253 g/mol. The molecule has 0 aromatic carbocycles. The van der Waals surface area contributed by atoms with Gasteiger partial charge in [0.25, 0.3) is 5.91 Å². The van der Waals surface area contributed by atoms with Crippen molar-refractivity contribution >= 4 is 33.4 Å². The lowest BCUT2D eigenvalue weighted by Crippen LogP contribution is -2.21. The van der Waals surface area contributed by atoms with Gasteiger partial charge in [-0.3, -0.25) is 4.79 Å². The van der Waals surface area contributed by atoms with Crippen molar-refractivity contribution in [1.82, 2.24) is 0 Å². The van der Waals surface area contributed by atoms with Crippen LogP contribution in [0, 0.1) is 5.92 Å². The van der Waals surface area contributed by atoms with E-state index in [4.69, 9.17) is 0 Å². The zero-order chi connectivity index (χ0) is 10.1. The molecule has 0 saturated carbocycles. The summed E-state index contributed by atoms with van der Waals surface area (Å²) in [6, 6.07) is 0. The normalized spacial score (nSPS) is 25.1.